The zero-order chi connectivity index (χ0) is 15.4. The Balaban J connectivity index is 0.00000242. The Hall–Kier alpha value is -1.73. The number of likely N-dealkylation sites (N-methyl/N-ethyl adjacent to an activating group) is 1. The van der Waals surface area contributed by atoms with Crippen LogP contribution in [0.4, 0.5) is 0 Å². The second-order valence-electron chi connectivity index (χ2n) is 5.23. The summed E-state index contributed by atoms with van der Waals surface area (Å²) in [6, 6.07) is 0.269. The third kappa shape index (κ3) is 4.14. The number of aromatic nitrogens is 4. The molecule has 122 valence electrons. The molecule has 0 saturated heterocycles. The summed E-state index contributed by atoms with van der Waals surface area (Å²) in [6.07, 6.45) is 2.59. The molecule has 0 bridgehead atoms. The van der Waals surface area contributed by atoms with Gasteiger partial charge in [0.25, 0.3) is 5.78 Å². The van der Waals surface area contributed by atoms with Crippen LogP contribution < -0.4 is 10.6 Å². The van der Waals surface area contributed by atoms with Gasteiger partial charge in [-0.25, -0.2) is 9.50 Å². The van der Waals surface area contributed by atoms with Crippen LogP contribution in [0.15, 0.2) is 6.33 Å². The highest BCUT2D eigenvalue weighted by molar-refractivity contribution is 5.85. The van der Waals surface area contributed by atoms with E-state index in [1.165, 1.54) is 6.33 Å². The molecule has 2 N–H and O–H groups in total. The first-order valence-electron chi connectivity index (χ1n) is 7.12. The fourth-order valence-corrected chi connectivity index (χ4v) is 2.21. The Morgan fingerprint density at radius 1 is 1.41 bits per heavy atom. The number of hydrogen-bond acceptors (Lipinski definition) is 5. The quantitative estimate of drug-likeness (QED) is 0.821. The summed E-state index contributed by atoms with van der Waals surface area (Å²) in [5, 5.41) is 10.2. The molecule has 7 nitrogen and oxygen atoms in total. The molecule has 2 aromatic rings. The van der Waals surface area contributed by atoms with Crippen molar-refractivity contribution in [3.8, 4) is 0 Å². The van der Waals surface area contributed by atoms with Crippen molar-refractivity contribution in [1.29, 1.82) is 0 Å². The molecule has 0 saturated carbocycles. The minimum Gasteiger partial charge on any atom is -0.355 e. The lowest BCUT2D eigenvalue weighted by Gasteiger charge is -2.13. The van der Waals surface area contributed by atoms with E-state index in [1.54, 1.807) is 4.52 Å². The first-order valence-corrected chi connectivity index (χ1v) is 7.12. The minimum atomic E-state index is 0. The van der Waals surface area contributed by atoms with Gasteiger partial charge in [-0.15, -0.1) is 12.4 Å². The van der Waals surface area contributed by atoms with Crippen LogP contribution in [0.1, 0.15) is 30.3 Å². The Morgan fingerprint density at radius 2 is 2.14 bits per heavy atom. The van der Waals surface area contributed by atoms with Crippen LogP contribution in [-0.4, -0.2) is 45.1 Å². The van der Waals surface area contributed by atoms with E-state index in [9.17, 15) is 4.79 Å². The van der Waals surface area contributed by atoms with Crippen LogP contribution in [0.3, 0.4) is 0 Å². The van der Waals surface area contributed by atoms with Crippen LogP contribution >= 0.6 is 12.4 Å². The van der Waals surface area contributed by atoms with Gasteiger partial charge in [0.2, 0.25) is 5.91 Å². The predicted octanol–water partition coefficient (Wildman–Crippen LogP) is 0.820. The van der Waals surface area contributed by atoms with Crippen molar-refractivity contribution in [1.82, 2.24) is 30.2 Å². The van der Waals surface area contributed by atoms with Crippen LogP contribution in [-0.2, 0) is 11.2 Å². The molecule has 2 rings (SSSR count). The number of amides is 1. The highest BCUT2D eigenvalue weighted by Gasteiger charge is 2.12. The number of carbonyl (C=O) groups is 1. The zero-order valence-electron chi connectivity index (χ0n) is 13.4. The molecular formula is C14H23ClN6O. The molecule has 0 radical (unpaired) electrons. The molecule has 22 heavy (non-hydrogen) atoms. The SMILES string of the molecule is CNC(C)CNC(=O)CCc1c(C)nc2ncnn2c1C.Cl. The van der Waals surface area contributed by atoms with E-state index in [0.29, 0.717) is 25.2 Å². The van der Waals surface area contributed by atoms with Crippen molar-refractivity contribution in [3.05, 3.63) is 23.3 Å². The summed E-state index contributed by atoms with van der Waals surface area (Å²) in [6.45, 7) is 6.58. The summed E-state index contributed by atoms with van der Waals surface area (Å²) < 4.78 is 1.71. The summed E-state index contributed by atoms with van der Waals surface area (Å²) in [5.41, 5.74) is 2.96. The highest BCUT2D eigenvalue weighted by atomic mass is 35.5. The van der Waals surface area contributed by atoms with E-state index in [1.807, 2.05) is 27.8 Å². The molecule has 0 fully saturated rings. The zero-order valence-corrected chi connectivity index (χ0v) is 14.2. The van der Waals surface area contributed by atoms with Gasteiger partial charge in [0.05, 0.1) is 0 Å². The topological polar surface area (TPSA) is 84.2 Å². The van der Waals surface area contributed by atoms with Gasteiger partial charge in [0, 0.05) is 30.4 Å². The minimum absolute atomic E-state index is 0. The van der Waals surface area contributed by atoms with Crippen molar-refractivity contribution in [2.45, 2.75) is 39.7 Å². The molecule has 2 aromatic heterocycles. The largest absolute Gasteiger partial charge is 0.355 e. The Kier molecular flexibility index (Phi) is 6.70. The number of nitrogens with one attached hydrogen (secondary N) is 2. The molecule has 0 aromatic carbocycles. The van der Waals surface area contributed by atoms with E-state index in [-0.39, 0.29) is 24.4 Å². The van der Waals surface area contributed by atoms with Gasteiger partial charge in [-0.2, -0.15) is 10.1 Å². The van der Waals surface area contributed by atoms with E-state index in [2.05, 4.69) is 25.7 Å². The molecule has 0 aliphatic heterocycles. The first kappa shape index (κ1) is 18.3. The molecule has 0 aliphatic rings. The monoisotopic (exact) mass is 326 g/mol. The van der Waals surface area contributed by atoms with Gasteiger partial charge in [-0.05, 0) is 39.8 Å². The van der Waals surface area contributed by atoms with Crippen molar-refractivity contribution in [2.75, 3.05) is 13.6 Å². The van der Waals surface area contributed by atoms with Crippen molar-refractivity contribution in [3.63, 3.8) is 0 Å². The molecule has 2 heterocycles. The second kappa shape index (κ2) is 8.05. The standard InChI is InChI=1S/C14H22N6O.ClH/c1-9(15-4)7-16-13(21)6-5-12-10(2)19-14-17-8-18-20(14)11(12)3;/h8-9,15H,5-7H2,1-4H3,(H,16,21);1H. The number of carbonyl (C=O) groups excluding carboxylic acids is 1. The normalized spacial score (nSPS) is 12.0. The number of aryl methyl sites for hydroxylation is 2. The molecule has 1 amide bonds. The van der Waals surface area contributed by atoms with Crippen molar-refractivity contribution < 1.29 is 4.79 Å². The second-order valence-corrected chi connectivity index (χ2v) is 5.23. The van der Waals surface area contributed by atoms with Gasteiger partial charge >= 0.3 is 0 Å². The molecule has 0 spiro atoms. The Morgan fingerprint density at radius 3 is 2.82 bits per heavy atom. The lowest BCUT2D eigenvalue weighted by atomic mass is 10.1. The van der Waals surface area contributed by atoms with E-state index >= 15 is 0 Å². The van der Waals surface area contributed by atoms with Crippen LogP contribution in [0.5, 0.6) is 0 Å². The van der Waals surface area contributed by atoms with Gasteiger partial charge in [0.15, 0.2) is 0 Å². The number of fused-ring (bicyclic) bond motifs is 1. The summed E-state index contributed by atoms with van der Waals surface area (Å²) in [5.74, 6) is 0.649. The lowest BCUT2D eigenvalue weighted by molar-refractivity contribution is -0.121. The first-order chi connectivity index (χ1) is 10.0. The lowest BCUT2D eigenvalue weighted by Crippen LogP contribution is -2.37. The van der Waals surface area contributed by atoms with Crippen LogP contribution in [0.2, 0.25) is 0 Å². The smallest absolute Gasteiger partial charge is 0.252 e. The molecular weight excluding hydrogens is 304 g/mol. The van der Waals surface area contributed by atoms with Crippen molar-refractivity contribution in [2.24, 2.45) is 0 Å². The third-order valence-corrected chi connectivity index (χ3v) is 3.69. The average molecular weight is 327 g/mol. The molecule has 1 atom stereocenters. The summed E-state index contributed by atoms with van der Waals surface area (Å²) in [4.78, 5) is 20.4. The Labute approximate surface area is 136 Å². The predicted molar refractivity (Wildman–Crippen MR) is 87.4 cm³/mol. The Bertz CT molecular complexity index is 642. The van der Waals surface area contributed by atoms with E-state index in [4.69, 9.17) is 0 Å². The average Bonchev–Trinajstić information content (AvgIpc) is 2.92. The number of nitrogens with zero attached hydrogens (tertiary/aromatic N) is 4. The van der Waals surface area contributed by atoms with Gasteiger partial charge in [-0.1, -0.05) is 0 Å². The van der Waals surface area contributed by atoms with Gasteiger partial charge < -0.3 is 10.6 Å². The third-order valence-electron chi connectivity index (χ3n) is 3.69. The molecule has 0 aliphatic carbocycles. The number of rotatable bonds is 6. The van der Waals surface area contributed by atoms with Crippen LogP contribution in [0, 0.1) is 13.8 Å². The summed E-state index contributed by atoms with van der Waals surface area (Å²) >= 11 is 0. The fourth-order valence-electron chi connectivity index (χ4n) is 2.21. The van der Waals surface area contributed by atoms with Gasteiger partial charge in [0.1, 0.15) is 6.33 Å². The number of hydrogen-bond donors (Lipinski definition) is 2. The van der Waals surface area contributed by atoms with Crippen LogP contribution in [0.25, 0.3) is 5.78 Å². The maximum atomic E-state index is 11.9. The van der Waals surface area contributed by atoms with E-state index in [0.717, 1.165) is 17.0 Å². The van der Waals surface area contributed by atoms with Gasteiger partial charge in [-0.3, -0.25) is 4.79 Å². The fraction of sp³-hybridized carbons (Fsp3) is 0.571. The maximum absolute atomic E-state index is 11.9. The maximum Gasteiger partial charge on any atom is 0.252 e. The van der Waals surface area contributed by atoms with Crippen molar-refractivity contribution >= 4 is 24.1 Å². The van der Waals surface area contributed by atoms with E-state index < -0.39 is 0 Å². The number of halogens is 1. The summed E-state index contributed by atoms with van der Waals surface area (Å²) in [7, 11) is 1.88. The molecule has 1 unspecified atom stereocenters. The molecule has 8 heteroatoms. The highest BCUT2D eigenvalue weighted by Crippen LogP contribution is 2.14.